The van der Waals surface area contributed by atoms with Crippen molar-refractivity contribution in [3.8, 4) is 0 Å². The lowest BCUT2D eigenvalue weighted by Gasteiger charge is -2.27. The van der Waals surface area contributed by atoms with Crippen LogP contribution in [-0.2, 0) is 27.4 Å². The van der Waals surface area contributed by atoms with Gasteiger partial charge in [-0.15, -0.1) is 0 Å². The molecule has 2 aromatic carbocycles. The van der Waals surface area contributed by atoms with Crippen LogP contribution in [0.25, 0.3) is 0 Å². The maximum atomic E-state index is 13.4. The molecule has 39 heavy (non-hydrogen) atoms. The quantitative estimate of drug-likeness (QED) is 0.216. The normalized spacial score (nSPS) is 13.4. The monoisotopic (exact) mass is 623 g/mol. The van der Waals surface area contributed by atoms with Crippen molar-refractivity contribution in [3.63, 3.8) is 0 Å². The number of carbonyl (C=O) groups is 3. The summed E-state index contributed by atoms with van der Waals surface area (Å²) < 4.78 is 6.17. The second kappa shape index (κ2) is 15.9. The van der Waals surface area contributed by atoms with Gasteiger partial charge in [0.05, 0.1) is 5.94 Å². The highest BCUT2D eigenvalue weighted by molar-refractivity contribution is 9.10. The lowest BCUT2D eigenvalue weighted by molar-refractivity contribution is -0.130. The van der Waals surface area contributed by atoms with Crippen LogP contribution in [0.2, 0.25) is 5.02 Å². The molecule has 0 heterocycles. The first kappa shape index (κ1) is 32.6. The average molecular weight is 625 g/mol. The van der Waals surface area contributed by atoms with Crippen LogP contribution in [0.1, 0.15) is 45.2 Å². The predicted octanol–water partition coefficient (Wildman–Crippen LogP) is 3.62. The van der Waals surface area contributed by atoms with E-state index in [1.807, 2.05) is 32.0 Å². The fourth-order valence-corrected chi connectivity index (χ4v) is 4.55. The van der Waals surface area contributed by atoms with Crippen molar-refractivity contribution in [1.29, 1.82) is 0 Å². The molecule has 0 aromatic heterocycles. The number of ether oxygens (including phenoxy) is 1. The Balaban J connectivity index is 2.20. The summed E-state index contributed by atoms with van der Waals surface area (Å²) in [4.78, 5) is 39.2. The Morgan fingerprint density at radius 1 is 0.923 bits per heavy atom. The van der Waals surface area contributed by atoms with Gasteiger partial charge in [-0.05, 0) is 53.6 Å². The third-order valence-electron chi connectivity index (χ3n) is 5.88. The molecule has 0 saturated heterocycles. The van der Waals surface area contributed by atoms with Crippen molar-refractivity contribution in [3.05, 3.63) is 69.2 Å². The molecule has 0 aliphatic carbocycles. The summed E-state index contributed by atoms with van der Waals surface area (Å²) in [6.07, 6.45) is -0.412. The first-order chi connectivity index (χ1) is 18.3. The van der Waals surface area contributed by atoms with Gasteiger partial charge in [-0.25, -0.2) is 4.79 Å². The van der Waals surface area contributed by atoms with E-state index in [1.54, 1.807) is 44.2 Å². The number of rotatable bonds is 13. The third-order valence-corrected chi connectivity index (χ3v) is 6.61. The van der Waals surface area contributed by atoms with Gasteiger partial charge in [0.2, 0.25) is 11.8 Å². The zero-order valence-electron chi connectivity index (χ0n) is 22.5. The summed E-state index contributed by atoms with van der Waals surface area (Å²) in [5.74, 6) is -2.30. The van der Waals surface area contributed by atoms with Gasteiger partial charge in [0, 0.05) is 15.9 Å². The third kappa shape index (κ3) is 11.6. The van der Waals surface area contributed by atoms with Gasteiger partial charge in [0.15, 0.2) is 0 Å². The summed E-state index contributed by atoms with van der Waals surface area (Å²) in [7, 11) is -1.76. The van der Waals surface area contributed by atoms with Crippen molar-refractivity contribution in [1.82, 2.24) is 16.0 Å². The van der Waals surface area contributed by atoms with Gasteiger partial charge in [-0.2, -0.15) is 0 Å². The Morgan fingerprint density at radius 2 is 1.56 bits per heavy atom. The molecule has 2 rings (SSSR count). The molecule has 212 valence electrons. The molecule has 0 saturated carbocycles. The van der Waals surface area contributed by atoms with Crippen LogP contribution < -0.4 is 16.0 Å². The Hall–Kier alpha value is -2.60. The van der Waals surface area contributed by atoms with E-state index in [-0.39, 0.29) is 24.9 Å². The summed E-state index contributed by atoms with van der Waals surface area (Å²) in [5.41, 5.74) is 1.46. The number of nitrogens with one attached hydrogen (secondary N) is 3. The number of alkyl carbamates (subject to hydrolysis) is 1. The van der Waals surface area contributed by atoms with Crippen molar-refractivity contribution in [2.24, 2.45) is 11.8 Å². The highest BCUT2D eigenvalue weighted by atomic mass is 79.9. The minimum absolute atomic E-state index is 0.00473. The van der Waals surface area contributed by atoms with Gasteiger partial charge < -0.3 is 30.7 Å². The minimum atomic E-state index is -1.76. The number of benzene rings is 2. The highest BCUT2D eigenvalue weighted by Crippen LogP contribution is 2.15. The Morgan fingerprint density at radius 3 is 2.15 bits per heavy atom. The number of hydrogen-bond acceptors (Lipinski definition) is 6. The van der Waals surface area contributed by atoms with Crippen LogP contribution in [0.3, 0.4) is 0 Å². The smallest absolute Gasteiger partial charge is 0.445 e. The molecule has 0 spiro atoms. The number of halogens is 2. The molecule has 9 nitrogen and oxygen atoms in total. The minimum Gasteiger partial charge on any atom is -0.445 e. The molecular formula is C27H36BBrClN3O6. The van der Waals surface area contributed by atoms with E-state index >= 15 is 0 Å². The molecule has 0 radical (unpaired) electrons. The first-order valence-electron chi connectivity index (χ1n) is 12.7. The van der Waals surface area contributed by atoms with E-state index in [4.69, 9.17) is 16.3 Å². The molecule has 0 unspecified atom stereocenters. The van der Waals surface area contributed by atoms with E-state index in [1.165, 1.54) is 0 Å². The van der Waals surface area contributed by atoms with Crippen LogP contribution in [-0.4, -0.2) is 53.1 Å². The van der Waals surface area contributed by atoms with Crippen LogP contribution in [0, 0.1) is 11.8 Å². The highest BCUT2D eigenvalue weighted by Gasteiger charge is 2.33. The summed E-state index contributed by atoms with van der Waals surface area (Å²) in [5, 5.41) is 27.8. The Kier molecular flexibility index (Phi) is 13.3. The van der Waals surface area contributed by atoms with E-state index in [0.29, 0.717) is 17.0 Å². The molecular weight excluding hydrogens is 588 g/mol. The fourth-order valence-electron chi connectivity index (χ4n) is 3.89. The van der Waals surface area contributed by atoms with Crippen molar-refractivity contribution in [2.75, 3.05) is 0 Å². The van der Waals surface area contributed by atoms with Gasteiger partial charge >= 0.3 is 13.2 Å². The van der Waals surface area contributed by atoms with E-state index < -0.39 is 43.1 Å². The van der Waals surface area contributed by atoms with Crippen molar-refractivity contribution >= 4 is 52.6 Å². The topological polar surface area (TPSA) is 137 Å². The van der Waals surface area contributed by atoms with E-state index in [2.05, 4.69) is 31.9 Å². The maximum Gasteiger partial charge on any atom is 0.475 e. The van der Waals surface area contributed by atoms with Crippen LogP contribution in [0.15, 0.2) is 53.0 Å². The largest absolute Gasteiger partial charge is 0.475 e. The zero-order chi connectivity index (χ0) is 29.1. The second-order valence-electron chi connectivity index (χ2n) is 10.1. The van der Waals surface area contributed by atoms with E-state index in [0.717, 1.165) is 10.0 Å². The average Bonchev–Trinajstić information content (AvgIpc) is 2.84. The van der Waals surface area contributed by atoms with Crippen molar-refractivity contribution < 1.29 is 29.2 Å². The summed E-state index contributed by atoms with van der Waals surface area (Å²) in [6.45, 7) is 7.27. The number of amides is 3. The molecule has 5 N–H and O–H groups in total. The molecule has 2 aromatic rings. The summed E-state index contributed by atoms with van der Waals surface area (Å²) >= 11 is 9.49. The summed E-state index contributed by atoms with van der Waals surface area (Å²) in [6, 6.07) is 12.1. The molecule has 0 aliphatic rings. The van der Waals surface area contributed by atoms with Crippen molar-refractivity contribution in [2.45, 2.75) is 65.2 Å². The van der Waals surface area contributed by atoms with Gasteiger partial charge in [-0.3, -0.25) is 9.59 Å². The molecule has 12 heteroatoms. The zero-order valence-corrected chi connectivity index (χ0v) is 24.8. The number of hydrogen-bond donors (Lipinski definition) is 5. The van der Waals surface area contributed by atoms with Crippen LogP contribution in [0.5, 0.6) is 0 Å². The van der Waals surface area contributed by atoms with Gasteiger partial charge in [0.25, 0.3) is 0 Å². The Labute approximate surface area is 243 Å². The van der Waals surface area contributed by atoms with E-state index in [9.17, 15) is 24.4 Å². The molecule has 0 aliphatic heterocycles. The fraction of sp³-hybridized carbons (Fsp3) is 0.444. The maximum absolute atomic E-state index is 13.4. The van der Waals surface area contributed by atoms with Gasteiger partial charge in [-0.1, -0.05) is 79.5 Å². The van der Waals surface area contributed by atoms with Crippen LogP contribution in [0.4, 0.5) is 4.79 Å². The molecule has 0 bridgehead atoms. The lowest BCUT2D eigenvalue weighted by atomic mass is 9.73. The molecule has 0 fully saturated rings. The SMILES string of the molecule is CC(C)C[C@H](NC(=O)[C@H](Cc1cccc(Cl)c1)NC(=O)OCc1cccc(Br)c1)C(=O)N[C@H](B(O)O)C(C)C. The van der Waals surface area contributed by atoms with Gasteiger partial charge in [0.1, 0.15) is 18.7 Å². The van der Waals surface area contributed by atoms with Crippen LogP contribution >= 0.6 is 27.5 Å². The second-order valence-corrected chi connectivity index (χ2v) is 11.5. The Bertz CT molecular complexity index is 1110. The first-order valence-corrected chi connectivity index (χ1v) is 13.9. The standard InChI is InChI=1S/C27H36BBrClN3O6/c1-16(2)11-22(26(35)33-24(17(3)4)28(37)38)31-25(34)23(14-18-7-6-10-21(30)13-18)32-27(36)39-15-19-8-5-9-20(29)12-19/h5-10,12-13,16-17,22-24,37-38H,11,14-15H2,1-4H3,(H,31,34)(H,32,36)(H,33,35)/t22-,23-,24-/m0/s1. The predicted molar refractivity (Wildman–Crippen MR) is 155 cm³/mol. The molecule has 3 atom stereocenters. The number of carbonyl (C=O) groups excluding carboxylic acids is 3. The molecule has 3 amide bonds. The lowest BCUT2D eigenvalue weighted by Crippen LogP contribution is -2.58.